The Bertz CT molecular complexity index is 3820. The van der Waals surface area contributed by atoms with E-state index in [1.165, 1.54) is 122 Å². The molecule has 2 nitrogen and oxygen atoms in total. The van der Waals surface area contributed by atoms with Gasteiger partial charge in [-0.3, -0.25) is 0 Å². The number of para-hydroxylation sites is 4. The maximum Gasteiger partial charge on any atom is 0.0493 e. The van der Waals surface area contributed by atoms with Gasteiger partial charge < -0.3 is 9.80 Å². The second-order valence-electron chi connectivity index (χ2n) is 20.3. The van der Waals surface area contributed by atoms with Crippen LogP contribution in [-0.2, 0) is 31.1 Å². The maximum absolute atomic E-state index is 2.51. The van der Waals surface area contributed by atoms with E-state index < -0.39 is 0 Å². The van der Waals surface area contributed by atoms with Crippen molar-refractivity contribution in [3.05, 3.63) is 264 Å². The standard InChI is InChI=1S/C69H52N2/c1-69(2)61-23-11-10-22-55(61)58-42-52(36-41-62(58)69)45-28-34-51(35-29-45)68-57-40-38-53(70-63-24-12-6-16-46(63)30-31-47-17-7-13-25-64(47)70)43-59(57)67(50-20-4-3-5-21-50)56-39-37-54(44-60(56)68)71-65-26-14-8-18-48(65)32-33-49-19-9-15-27-66(49)71/h3-29,34-44H,30-33H2,1-2H3. The van der Waals surface area contributed by atoms with Gasteiger partial charge in [-0.05, 0) is 180 Å². The molecule has 0 aromatic heterocycles. The zero-order valence-electron chi connectivity index (χ0n) is 40.2. The summed E-state index contributed by atoms with van der Waals surface area (Å²) in [6, 6.07) is 87.0. The van der Waals surface area contributed by atoms with Crippen LogP contribution in [0.1, 0.15) is 47.2 Å². The summed E-state index contributed by atoms with van der Waals surface area (Å²) in [4.78, 5) is 5.03. The van der Waals surface area contributed by atoms with Crippen LogP contribution in [0, 0.1) is 0 Å². The average molecular weight is 909 g/mol. The van der Waals surface area contributed by atoms with Crippen molar-refractivity contribution in [1.29, 1.82) is 0 Å². The van der Waals surface area contributed by atoms with Crippen LogP contribution >= 0.6 is 0 Å². The second kappa shape index (κ2) is 16.3. The first kappa shape index (κ1) is 41.5. The van der Waals surface area contributed by atoms with Gasteiger partial charge in [0.15, 0.2) is 0 Å². The minimum atomic E-state index is -0.0292. The van der Waals surface area contributed by atoms with Gasteiger partial charge in [0.1, 0.15) is 0 Å². The molecule has 338 valence electrons. The summed E-state index contributed by atoms with van der Waals surface area (Å²) in [5, 5.41) is 4.93. The zero-order chi connectivity index (χ0) is 47.2. The Kier molecular flexibility index (Phi) is 9.54. The molecule has 0 spiro atoms. The van der Waals surface area contributed by atoms with E-state index in [1.54, 1.807) is 0 Å². The molecule has 0 N–H and O–H groups in total. The van der Waals surface area contributed by atoms with Gasteiger partial charge in [-0.1, -0.05) is 190 Å². The molecule has 0 saturated heterocycles. The normalized spacial score (nSPS) is 14.2. The third-order valence-corrected chi connectivity index (χ3v) is 16.0. The second-order valence-corrected chi connectivity index (χ2v) is 20.3. The van der Waals surface area contributed by atoms with E-state index in [0.29, 0.717) is 0 Å². The molecule has 0 saturated carbocycles. The van der Waals surface area contributed by atoms with E-state index in [-0.39, 0.29) is 5.41 Å². The number of benzene rings is 11. The summed E-state index contributed by atoms with van der Waals surface area (Å²) in [6.07, 6.45) is 4.01. The average Bonchev–Trinajstić information content (AvgIpc) is 3.54. The first-order chi connectivity index (χ1) is 35.0. The number of fused-ring (bicyclic) bond motifs is 9. The molecule has 3 aliphatic rings. The summed E-state index contributed by atoms with van der Waals surface area (Å²) in [5.74, 6) is 0. The lowest BCUT2D eigenvalue weighted by atomic mass is 9.82. The lowest BCUT2D eigenvalue weighted by Crippen LogP contribution is -2.14. The van der Waals surface area contributed by atoms with E-state index in [4.69, 9.17) is 0 Å². The van der Waals surface area contributed by atoms with Crippen LogP contribution < -0.4 is 9.80 Å². The summed E-state index contributed by atoms with van der Waals surface area (Å²) >= 11 is 0. The molecule has 0 radical (unpaired) electrons. The molecule has 1 aliphatic carbocycles. The Morgan fingerprint density at radius 2 is 0.690 bits per heavy atom. The van der Waals surface area contributed by atoms with Gasteiger partial charge in [0.25, 0.3) is 0 Å². The van der Waals surface area contributed by atoms with Crippen LogP contribution in [0.4, 0.5) is 34.1 Å². The third kappa shape index (κ3) is 6.62. The Morgan fingerprint density at radius 1 is 0.296 bits per heavy atom. The van der Waals surface area contributed by atoms with Crippen molar-refractivity contribution in [3.63, 3.8) is 0 Å². The maximum atomic E-state index is 2.51. The van der Waals surface area contributed by atoms with Crippen molar-refractivity contribution in [2.24, 2.45) is 0 Å². The molecule has 14 rings (SSSR count). The van der Waals surface area contributed by atoms with Gasteiger partial charge in [-0.25, -0.2) is 0 Å². The molecule has 11 aromatic carbocycles. The van der Waals surface area contributed by atoms with Crippen molar-refractivity contribution in [3.8, 4) is 44.5 Å². The van der Waals surface area contributed by atoms with Crippen molar-refractivity contribution in [2.75, 3.05) is 9.80 Å². The smallest absolute Gasteiger partial charge is 0.0493 e. The minimum Gasteiger partial charge on any atom is -0.310 e. The molecule has 11 aromatic rings. The molecule has 2 aliphatic heterocycles. The van der Waals surface area contributed by atoms with Crippen LogP contribution in [0.2, 0.25) is 0 Å². The largest absolute Gasteiger partial charge is 0.310 e. The number of aryl methyl sites for hydroxylation is 4. The van der Waals surface area contributed by atoms with Crippen LogP contribution in [0.5, 0.6) is 0 Å². The summed E-state index contributed by atoms with van der Waals surface area (Å²) in [7, 11) is 0. The minimum absolute atomic E-state index is 0.0292. The zero-order valence-corrected chi connectivity index (χ0v) is 40.2. The monoisotopic (exact) mass is 908 g/mol. The highest BCUT2D eigenvalue weighted by molar-refractivity contribution is 6.23. The van der Waals surface area contributed by atoms with Crippen LogP contribution in [-0.4, -0.2) is 0 Å². The third-order valence-electron chi connectivity index (χ3n) is 16.0. The first-order valence-corrected chi connectivity index (χ1v) is 25.3. The van der Waals surface area contributed by atoms with Gasteiger partial charge >= 0.3 is 0 Å². The highest BCUT2D eigenvalue weighted by Gasteiger charge is 2.35. The van der Waals surface area contributed by atoms with Crippen molar-refractivity contribution < 1.29 is 0 Å². The topological polar surface area (TPSA) is 6.48 Å². The Morgan fingerprint density at radius 3 is 1.20 bits per heavy atom. The molecule has 2 heterocycles. The SMILES string of the molecule is CC1(C)c2ccccc2-c2cc(-c3ccc(-c4c5ccc(N6c7ccccc7CCc7ccccc76)cc5c(-c5ccccc5)c5ccc(N6c7ccccc7CCc7ccccc76)cc45)cc3)ccc21. The summed E-state index contributed by atoms with van der Waals surface area (Å²) < 4.78 is 0. The number of hydrogen-bond acceptors (Lipinski definition) is 2. The molecule has 0 amide bonds. The fourth-order valence-corrected chi connectivity index (χ4v) is 12.6. The fourth-order valence-electron chi connectivity index (χ4n) is 12.6. The summed E-state index contributed by atoms with van der Waals surface area (Å²) in [6.45, 7) is 4.71. The number of nitrogens with zero attached hydrogens (tertiary/aromatic N) is 2. The van der Waals surface area contributed by atoms with Crippen LogP contribution in [0.25, 0.3) is 66.1 Å². The molecule has 0 bridgehead atoms. The molecule has 0 atom stereocenters. The van der Waals surface area contributed by atoms with E-state index >= 15 is 0 Å². The predicted octanol–water partition coefficient (Wildman–Crippen LogP) is 18.4. The Labute approximate surface area is 416 Å². The number of anilines is 6. The van der Waals surface area contributed by atoms with E-state index in [9.17, 15) is 0 Å². The van der Waals surface area contributed by atoms with Crippen molar-refractivity contribution in [1.82, 2.24) is 0 Å². The van der Waals surface area contributed by atoms with E-state index in [0.717, 1.165) is 37.1 Å². The van der Waals surface area contributed by atoms with Crippen molar-refractivity contribution in [2.45, 2.75) is 44.9 Å². The molecule has 2 heteroatoms. The van der Waals surface area contributed by atoms with Crippen LogP contribution in [0.3, 0.4) is 0 Å². The number of hydrogen-bond donors (Lipinski definition) is 0. The fraction of sp³-hybridized carbons (Fsp3) is 0.101. The van der Waals surface area contributed by atoms with Gasteiger partial charge in [-0.2, -0.15) is 0 Å². The van der Waals surface area contributed by atoms with Gasteiger partial charge in [0.05, 0.1) is 0 Å². The molecular weight excluding hydrogens is 857 g/mol. The Balaban J connectivity index is 1.03. The Hall–Kier alpha value is -8.46. The van der Waals surface area contributed by atoms with Gasteiger partial charge in [0.2, 0.25) is 0 Å². The van der Waals surface area contributed by atoms with Crippen molar-refractivity contribution >= 4 is 55.7 Å². The van der Waals surface area contributed by atoms with Gasteiger partial charge in [0, 0.05) is 39.5 Å². The lowest BCUT2D eigenvalue weighted by molar-refractivity contribution is 0.660. The van der Waals surface area contributed by atoms with Crippen LogP contribution in [0.15, 0.2) is 231 Å². The molecule has 0 fully saturated rings. The number of rotatable bonds is 5. The summed E-state index contributed by atoms with van der Waals surface area (Å²) in [5.41, 5.74) is 25.6. The van der Waals surface area contributed by atoms with Gasteiger partial charge in [-0.15, -0.1) is 0 Å². The highest BCUT2D eigenvalue weighted by atomic mass is 15.2. The van der Waals surface area contributed by atoms with E-state index in [2.05, 4.69) is 254 Å². The predicted molar refractivity (Wildman–Crippen MR) is 300 cm³/mol. The highest BCUT2D eigenvalue weighted by Crippen LogP contribution is 2.52. The lowest BCUT2D eigenvalue weighted by Gasteiger charge is -2.29. The van der Waals surface area contributed by atoms with E-state index in [1.807, 2.05) is 0 Å². The quantitative estimate of drug-likeness (QED) is 0.159. The molecule has 0 unspecified atom stereocenters. The molecule has 71 heavy (non-hydrogen) atoms. The first-order valence-electron chi connectivity index (χ1n) is 25.3. The molecular formula is C69H52N2.